The molecule has 0 spiro atoms. The standard InChI is InChI=1S/CH6ClO9P3/c2-11-14(9,10)1(12(3,4)5)13(6,7)8/h1H,(H,9,10)(H2,3,4,5)(H2,6,7,8). The monoisotopic (exact) mass is 290 g/mol. The third-order valence-electron chi connectivity index (χ3n) is 0.992. The van der Waals surface area contributed by atoms with E-state index in [1.165, 1.54) is 0 Å². The van der Waals surface area contributed by atoms with E-state index < -0.39 is 27.9 Å². The van der Waals surface area contributed by atoms with E-state index in [1.54, 1.807) is 0 Å². The number of hydrogen-bond acceptors (Lipinski definition) is 4. The first kappa shape index (κ1) is 14.7. The number of rotatable bonds is 4. The highest BCUT2D eigenvalue weighted by molar-refractivity contribution is 7.87. The summed E-state index contributed by atoms with van der Waals surface area (Å²) >= 11 is 4.40. The summed E-state index contributed by atoms with van der Waals surface area (Å²) in [7, 11) is -16.3. The van der Waals surface area contributed by atoms with Gasteiger partial charge in [0.05, 0.1) is 11.9 Å². The Labute approximate surface area is 82.7 Å². The van der Waals surface area contributed by atoms with Gasteiger partial charge in [0.25, 0.3) is 5.14 Å². The summed E-state index contributed by atoms with van der Waals surface area (Å²) in [5.74, 6) is 0. The second-order valence-electron chi connectivity index (χ2n) is 2.16. The van der Waals surface area contributed by atoms with Gasteiger partial charge in [0.2, 0.25) is 0 Å². The van der Waals surface area contributed by atoms with Crippen LogP contribution >= 0.6 is 34.7 Å². The molecule has 1 unspecified atom stereocenters. The van der Waals surface area contributed by atoms with Crippen molar-refractivity contribution in [1.29, 1.82) is 0 Å². The highest BCUT2D eigenvalue weighted by Crippen LogP contribution is 2.75. The van der Waals surface area contributed by atoms with Crippen LogP contribution in [-0.2, 0) is 17.8 Å². The van der Waals surface area contributed by atoms with E-state index >= 15 is 0 Å². The average Bonchev–Trinajstić information content (AvgIpc) is 1.79. The SMILES string of the molecule is O=P(O)(O)C(P(=O)(O)O)P(=O)(O)OCl. The van der Waals surface area contributed by atoms with Crippen molar-refractivity contribution in [3.63, 3.8) is 0 Å². The summed E-state index contributed by atoms with van der Waals surface area (Å²) in [5.41, 5.74) is 0. The normalized spacial score (nSPS) is 18.2. The lowest BCUT2D eigenvalue weighted by Gasteiger charge is -2.21. The van der Waals surface area contributed by atoms with Crippen molar-refractivity contribution in [2.75, 3.05) is 0 Å². The van der Waals surface area contributed by atoms with Gasteiger partial charge in [-0.3, -0.25) is 13.7 Å². The van der Waals surface area contributed by atoms with Gasteiger partial charge in [0, 0.05) is 0 Å². The topological polar surface area (TPSA) is 162 Å². The van der Waals surface area contributed by atoms with Crippen molar-refractivity contribution in [3.05, 3.63) is 0 Å². The summed E-state index contributed by atoms with van der Waals surface area (Å²) in [6, 6.07) is 0. The van der Waals surface area contributed by atoms with Gasteiger partial charge in [-0.1, -0.05) is 0 Å². The fourth-order valence-corrected chi connectivity index (χ4v) is 6.15. The summed E-state index contributed by atoms with van der Waals surface area (Å²) in [6.45, 7) is 0. The van der Waals surface area contributed by atoms with Gasteiger partial charge in [-0.25, -0.2) is 0 Å². The van der Waals surface area contributed by atoms with Crippen LogP contribution in [-0.4, -0.2) is 29.6 Å². The molecule has 0 heterocycles. The largest absolute Gasteiger partial charge is 0.371 e. The van der Waals surface area contributed by atoms with Crippen LogP contribution in [0.3, 0.4) is 0 Å². The zero-order chi connectivity index (χ0) is 11.8. The van der Waals surface area contributed by atoms with Crippen molar-refractivity contribution in [3.8, 4) is 0 Å². The van der Waals surface area contributed by atoms with Gasteiger partial charge < -0.3 is 24.5 Å². The maximum Gasteiger partial charge on any atom is 0.371 e. The molecule has 0 aliphatic carbocycles. The molecule has 0 saturated carbocycles. The quantitative estimate of drug-likeness (QED) is 0.448. The highest BCUT2D eigenvalue weighted by atomic mass is 35.5. The van der Waals surface area contributed by atoms with Gasteiger partial charge in [0.1, 0.15) is 0 Å². The Kier molecular flexibility index (Phi) is 4.54. The van der Waals surface area contributed by atoms with Gasteiger partial charge in [-0.15, -0.1) is 0 Å². The molecule has 14 heavy (non-hydrogen) atoms. The van der Waals surface area contributed by atoms with E-state index in [2.05, 4.69) is 15.9 Å². The maximum atomic E-state index is 10.8. The third kappa shape index (κ3) is 3.72. The minimum atomic E-state index is -5.52. The van der Waals surface area contributed by atoms with E-state index in [0.29, 0.717) is 0 Å². The van der Waals surface area contributed by atoms with Crippen LogP contribution in [0, 0.1) is 0 Å². The molecule has 0 saturated heterocycles. The van der Waals surface area contributed by atoms with Crippen LogP contribution in [0.5, 0.6) is 0 Å². The minimum Gasteiger partial charge on any atom is -0.323 e. The molecule has 9 nitrogen and oxygen atoms in total. The first-order chi connectivity index (χ1) is 5.93. The molecule has 0 rings (SSSR count). The van der Waals surface area contributed by atoms with E-state index in [-0.39, 0.29) is 0 Å². The summed E-state index contributed by atoms with van der Waals surface area (Å²) in [5, 5.41) is -3.17. The van der Waals surface area contributed by atoms with Gasteiger partial charge in [-0.05, 0) is 0 Å². The highest BCUT2D eigenvalue weighted by Gasteiger charge is 2.57. The Morgan fingerprint density at radius 3 is 1.29 bits per heavy atom. The summed E-state index contributed by atoms with van der Waals surface area (Å²) < 4.78 is 35.1. The van der Waals surface area contributed by atoms with Crippen molar-refractivity contribution in [2.45, 2.75) is 5.14 Å². The lowest BCUT2D eigenvalue weighted by atomic mass is 11.8. The van der Waals surface area contributed by atoms with Crippen molar-refractivity contribution >= 4 is 34.7 Å². The molecular formula is CH6ClO9P3. The lowest BCUT2D eigenvalue weighted by Crippen LogP contribution is -2.10. The Balaban J connectivity index is 5.50. The second-order valence-corrected chi connectivity index (χ2v) is 8.97. The Morgan fingerprint density at radius 2 is 1.21 bits per heavy atom. The van der Waals surface area contributed by atoms with Crippen LogP contribution in [0.15, 0.2) is 0 Å². The predicted molar refractivity (Wildman–Crippen MR) is 44.6 cm³/mol. The number of hydrogen-bond donors (Lipinski definition) is 5. The molecule has 0 amide bonds. The average molecular weight is 290 g/mol. The summed E-state index contributed by atoms with van der Waals surface area (Å²) in [4.78, 5) is 42.4. The van der Waals surface area contributed by atoms with Gasteiger partial charge in [0.15, 0.2) is 0 Å². The Bertz CT molecular complexity index is 314. The molecule has 13 heteroatoms. The van der Waals surface area contributed by atoms with E-state index in [0.717, 1.165) is 0 Å². The molecule has 0 radical (unpaired) electrons. The predicted octanol–water partition coefficient (Wildman–Crippen LogP) is -0.0188. The van der Waals surface area contributed by atoms with Crippen molar-refractivity contribution in [2.24, 2.45) is 0 Å². The smallest absolute Gasteiger partial charge is 0.323 e. The second kappa shape index (κ2) is 4.31. The molecule has 0 bridgehead atoms. The maximum absolute atomic E-state index is 10.8. The fourth-order valence-electron chi connectivity index (χ4n) is 0.612. The third-order valence-corrected chi connectivity index (χ3v) is 8.93. The molecule has 0 aromatic rings. The minimum absolute atomic E-state index is 3.17. The van der Waals surface area contributed by atoms with Crippen LogP contribution in [0.4, 0.5) is 0 Å². The molecule has 1 atom stereocenters. The van der Waals surface area contributed by atoms with Gasteiger partial charge >= 0.3 is 22.8 Å². The van der Waals surface area contributed by atoms with Crippen molar-refractivity contribution < 1.29 is 42.2 Å². The van der Waals surface area contributed by atoms with Gasteiger partial charge in [-0.2, -0.15) is 4.08 Å². The van der Waals surface area contributed by atoms with Crippen LogP contribution in [0.25, 0.3) is 0 Å². The molecule has 0 aliphatic rings. The fraction of sp³-hybridized carbons (Fsp3) is 1.00. The first-order valence-electron chi connectivity index (χ1n) is 2.66. The Morgan fingerprint density at radius 1 is 0.929 bits per heavy atom. The Hall–Kier alpha value is 0.740. The summed E-state index contributed by atoms with van der Waals surface area (Å²) in [6.07, 6.45) is 0. The van der Waals surface area contributed by atoms with E-state index in [1.807, 2.05) is 0 Å². The van der Waals surface area contributed by atoms with E-state index in [4.69, 9.17) is 24.5 Å². The molecule has 0 aliphatic heterocycles. The van der Waals surface area contributed by atoms with Crippen LogP contribution in [0.2, 0.25) is 0 Å². The van der Waals surface area contributed by atoms with Crippen LogP contribution in [0.1, 0.15) is 0 Å². The zero-order valence-corrected chi connectivity index (χ0v) is 9.61. The number of halogens is 1. The molecule has 0 aromatic heterocycles. The zero-order valence-electron chi connectivity index (χ0n) is 6.17. The lowest BCUT2D eigenvalue weighted by molar-refractivity contribution is 0.334. The molecule has 5 N–H and O–H groups in total. The van der Waals surface area contributed by atoms with E-state index in [9.17, 15) is 13.7 Å². The molecular weight excluding hydrogens is 284 g/mol. The van der Waals surface area contributed by atoms with Crippen molar-refractivity contribution in [1.82, 2.24) is 0 Å². The molecule has 0 fully saturated rings. The first-order valence-corrected chi connectivity index (χ1v) is 7.98. The van der Waals surface area contributed by atoms with Crippen LogP contribution < -0.4 is 0 Å². The molecule has 0 aromatic carbocycles. The molecule has 86 valence electrons.